The summed E-state index contributed by atoms with van der Waals surface area (Å²) in [5, 5.41) is 12.6. The van der Waals surface area contributed by atoms with Crippen molar-refractivity contribution in [3.8, 4) is 0 Å². The molecule has 14 heavy (non-hydrogen) atoms. The van der Waals surface area contributed by atoms with Crippen LogP contribution in [0.5, 0.6) is 0 Å². The molecular formula is C9H15N3O2. The van der Waals surface area contributed by atoms with Gasteiger partial charge in [-0.25, -0.2) is 0 Å². The lowest BCUT2D eigenvalue weighted by atomic mass is 10.1. The van der Waals surface area contributed by atoms with E-state index >= 15 is 0 Å². The summed E-state index contributed by atoms with van der Waals surface area (Å²) in [5.41, 5.74) is 6.44. The molecule has 1 rings (SSSR count). The van der Waals surface area contributed by atoms with Crippen molar-refractivity contribution in [3.05, 3.63) is 18.0 Å². The first-order valence-corrected chi connectivity index (χ1v) is 4.52. The molecule has 1 heterocycles. The highest BCUT2D eigenvalue weighted by atomic mass is 16.4. The molecule has 1 atom stereocenters. The molecule has 0 fully saturated rings. The molecule has 0 amide bonds. The summed E-state index contributed by atoms with van der Waals surface area (Å²) in [6.45, 7) is 4.00. The summed E-state index contributed by atoms with van der Waals surface area (Å²) in [6.07, 6.45) is 3.34. The highest BCUT2D eigenvalue weighted by Gasteiger charge is 2.12. The van der Waals surface area contributed by atoms with Crippen LogP contribution in [-0.4, -0.2) is 20.9 Å². The molecule has 3 N–H and O–H groups in total. The third-order valence-electron chi connectivity index (χ3n) is 1.97. The van der Waals surface area contributed by atoms with Crippen LogP contribution >= 0.6 is 0 Å². The summed E-state index contributed by atoms with van der Waals surface area (Å²) in [5.74, 6) is -0.894. The second-order valence-corrected chi connectivity index (χ2v) is 3.55. The van der Waals surface area contributed by atoms with Gasteiger partial charge in [0, 0.05) is 23.8 Å². The van der Waals surface area contributed by atoms with Crippen LogP contribution in [0.25, 0.3) is 0 Å². The molecule has 0 bridgehead atoms. The van der Waals surface area contributed by atoms with E-state index in [1.165, 1.54) is 0 Å². The lowest BCUT2D eigenvalue weighted by Crippen LogP contribution is -2.14. The summed E-state index contributed by atoms with van der Waals surface area (Å²) in [7, 11) is 0. The summed E-state index contributed by atoms with van der Waals surface area (Å²) >= 11 is 0. The maximum absolute atomic E-state index is 10.4. The van der Waals surface area contributed by atoms with Gasteiger partial charge in [0.1, 0.15) is 0 Å². The Morgan fingerprint density at radius 1 is 1.71 bits per heavy atom. The highest BCUT2D eigenvalue weighted by molar-refractivity contribution is 5.67. The van der Waals surface area contributed by atoms with Crippen molar-refractivity contribution in [2.75, 3.05) is 0 Å². The fourth-order valence-corrected chi connectivity index (χ4v) is 1.13. The first-order chi connectivity index (χ1) is 6.50. The summed E-state index contributed by atoms with van der Waals surface area (Å²) < 4.78 is 1.76. The van der Waals surface area contributed by atoms with Gasteiger partial charge in [0.15, 0.2) is 0 Å². The SMILES string of the molecule is CC(C)n1cc([C@H](N)CC(=O)O)cn1. The van der Waals surface area contributed by atoms with E-state index in [0.717, 1.165) is 5.56 Å². The topological polar surface area (TPSA) is 81.1 Å². The number of nitrogens with two attached hydrogens (primary N) is 1. The maximum atomic E-state index is 10.4. The molecule has 78 valence electrons. The van der Waals surface area contributed by atoms with Gasteiger partial charge in [0.25, 0.3) is 0 Å². The number of hydrogen-bond donors (Lipinski definition) is 2. The standard InChI is InChI=1S/C9H15N3O2/c1-6(2)12-5-7(4-11-12)8(10)3-9(13)14/h4-6,8H,3,10H2,1-2H3,(H,13,14)/t8-/m1/s1. The van der Waals surface area contributed by atoms with E-state index in [1.54, 1.807) is 17.1 Å². The molecule has 0 aliphatic heterocycles. The van der Waals surface area contributed by atoms with Crippen LogP contribution in [0.4, 0.5) is 0 Å². The normalized spacial score (nSPS) is 13.1. The quantitative estimate of drug-likeness (QED) is 0.752. The van der Waals surface area contributed by atoms with Gasteiger partial charge < -0.3 is 10.8 Å². The van der Waals surface area contributed by atoms with Crippen molar-refractivity contribution in [2.24, 2.45) is 5.73 Å². The first kappa shape index (κ1) is 10.7. The molecule has 0 saturated heterocycles. The monoisotopic (exact) mass is 197 g/mol. The Morgan fingerprint density at radius 3 is 2.79 bits per heavy atom. The average molecular weight is 197 g/mol. The Labute approximate surface area is 82.5 Å². The van der Waals surface area contributed by atoms with Gasteiger partial charge in [-0.2, -0.15) is 5.10 Å². The molecule has 1 aromatic heterocycles. The Bertz CT molecular complexity index is 320. The maximum Gasteiger partial charge on any atom is 0.305 e. The van der Waals surface area contributed by atoms with E-state index in [1.807, 2.05) is 13.8 Å². The Morgan fingerprint density at radius 2 is 2.36 bits per heavy atom. The number of nitrogens with zero attached hydrogens (tertiary/aromatic N) is 2. The Balaban J connectivity index is 2.71. The smallest absolute Gasteiger partial charge is 0.305 e. The number of carboxylic acid groups (broad SMARTS) is 1. The summed E-state index contributed by atoms with van der Waals surface area (Å²) in [6, 6.07) is -0.208. The zero-order chi connectivity index (χ0) is 10.7. The predicted octanol–water partition coefficient (Wildman–Crippen LogP) is 0.939. The average Bonchev–Trinajstić information content (AvgIpc) is 2.50. The molecule has 0 radical (unpaired) electrons. The zero-order valence-corrected chi connectivity index (χ0v) is 8.34. The van der Waals surface area contributed by atoms with E-state index in [0.29, 0.717) is 0 Å². The number of aliphatic carboxylic acids is 1. The van der Waals surface area contributed by atoms with Crippen molar-refractivity contribution in [2.45, 2.75) is 32.4 Å². The minimum Gasteiger partial charge on any atom is -0.481 e. The fourth-order valence-electron chi connectivity index (χ4n) is 1.13. The van der Waals surface area contributed by atoms with E-state index in [-0.39, 0.29) is 12.5 Å². The van der Waals surface area contributed by atoms with Crippen LogP contribution in [0.1, 0.15) is 37.9 Å². The molecule has 5 nitrogen and oxygen atoms in total. The Kier molecular flexibility index (Phi) is 3.24. The predicted molar refractivity (Wildman–Crippen MR) is 51.8 cm³/mol. The van der Waals surface area contributed by atoms with Crippen molar-refractivity contribution < 1.29 is 9.90 Å². The van der Waals surface area contributed by atoms with Crippen LogP contribution in [0.2, 0.25) is 0 Å². The molecule has 5 heteroatoms. The van der Waals surface area contributed by atoms with Gasteiger partial charge in [0.2, 0.25) is 0 Å². The summed E-state index contributed by atoms with van der Waals surface area (Å²) in [4.78, 5) is 10.4. The minimum atomic E-state index is -0.894. The molecule has 1 aromatic rings. The second-order valence-electron chi connectivity index (χ2n) is 3.55. The number of hydrogen-bond acceptors (Lipinski definition) is 3. The van der Waals surface area contributed by atoms with Crippen LogP contribution in [-0.2, 0) is 4.79 Å². The van der Waals surface area contributed by atoms with Crippen molar-refractivity contribution in [1.82, 2.24) is 9.78 Å². The Hall–Kier alpha value is -1.36. The van der Waals surface area contributed by atoms with Crippen LogP contribution in [0.15, 0.2) is 12.4 Å². The highest BCUT2D eigenvalue weighted by Crippen LogP contribution is 2.14. The lowest BCUT2D eigenvalue weighted by Gasteiger charge is -2.06. The van der Waals surface area contributed by atoms with Crippen LogP contribution in [0, 0.1) is 0 Å². The number of aromatic nitrogens is 2. The molecule has 0 saturated carbocycles. The molecule has 0 aliphatic carbocycles. The van der Waals surface area contributed by atoms with Gasteiger partial charge in [-0.3, -0.25) is 9.48 Å². The van der Waals surface area contributed by atoms with Crippen molar-refractivity contribution in [1.29, 1.82) is 0 Å². The largest absolute Gasteiger partial charge is 0.481 e. The second kappa shape index (κ2) is 4.23. The first-order valence-electron chi connectivity index (χ1n) is 4.52. The van der Waals surface area contributed by atoms with E-state index in [2.05, 4.69) is 5.10 Å². The van der Waals surface area contributed by atoms with Crippen molar-refractivity contribution >= 4 is 5.97 Å². The van der Waals surface area contributed by atoms with Gasteiger partial charge in [-0.05, 0) is 13.8 Å². The van der Waals surface area contributed by atoms with Gasteiger partial charge in [-0.15, -0.1) is 0 Å². The van der Waals surface area contributed by atoms with Gasteiger partial charge >= 0.3 is 5.97 Å². The van der Waals surface area contributed by atoms with Gasteiger partial charge in [0.05, 0.1) is 12.6 Å². The van der Waals surface area contributed by atoms with Crippen molar-refractivity contribution in [3.63, 3.8) is 0 Å². The molecule has 0 spiro atoms. The van der Waals surface area contributed by atoms with E-state index in [4.69, 9.17) is 10.8 Å². The van der Waals surface area contributed by atoms with E-state index in [9.17, 15) is 4.79 Å². The lowest BCUT2D eigenvalue weighted by molar-refractivity contribution is -0.137. The fraction of sp³-hybridized carbons (Fsp3) is 0.556. The zero-order valence-electron chi connectivity index (χ0n) is 8.34. The number of carboxylic acids is 1. The number of rotatable bonds is 4. The third kappa shape index (κ3) is 2.56. The van der Waals surface area contributed by atoms with Crippen LogP contribution in [0.3, 0.4) is 0 Å². The molecule has 0 aromatic carbocycles. The minimum absolute atomic E-state index is 0.0657. The van der Waals surface area contributed by atoms with E-state index < -0.39 is 12.0 Å². The molecule has 0 aliphatic rings. The van der Waals surface area contributed by atoms with Gasteiger partial charge in [-0.1, -0.05) is 0 Å². The number of carbonyl (C=O) groups is 1. The third-order valence-corrected chi connectivity index (χ3v) is 1.97. The molecule has 0 unspecified atom stereocenters. The van der Waals surface area contributed by atoms with Crippen LogP contribution < -0.4 is 5.73 Å². The molecular weight excluding hydrogens is 182 g/mol.